The molecule has 0 amide bonds. The summed E-state index contributed by atoms with van der Waals surface area (Å²) in [5, 5.41) is 4.05. The van der Waals surface area contributed by atoms with Gasteiger partial charge in [0, 0.05) is 17.6 Å². The average Bonchev–Trinajstić information content (AvgIpc) is 2.38. The monoisotopic (exact) mass is 337 g/mol. The number of hydrogen-bond donors (Lipinski definition) is 1. The predicted octanol–water partition coefficient (Wildman–Crippen LogP) is 4.44. The molecule has 3 nitrogen and oxygen atoms in total. The van der Waals surface area contributed by atoms with Crippen LogP contribution in [0.25, 0.3) is 0 Å². The van der Waals surface area contributed by atoms with Crippen molar-refractivity contribution < 1.29 is 0 Å². The average molecular weight is 338 g/mol. The normalized spacial score (nSPS) is 10.5. The zero-order chi connectivity index (χ0) is 13.8. The molecule has 0 aliphatic carbocycles. The maximum Gasteiger partial charge on any atom is 0.223 e. The molecular weight excluding hydrogens is 322 g/mol. The van der Waals surface area contributed by atoms with Crippen LogP contribution in [0.4, 0.5) is 5.95 Å². The van der Waals surface area contributed by atoms with Gasteiger partial charge in [0.25, 0.3) is 0 Å². The van der Waals surface area contributed by atoms with Gasteiger partial charge < -0.3 is 5.32 Å². The highest BCUT2D eigenvalue weighted by atomic mass is 79.9. The molecule has 0 radical (unpaired) electrons. The van der Waals surface area contributed by atoms with E-state index in [1.807, 2.05) is 6.92 Å². The topological polar surface area (TPSA) is 37.8 Å². The van der Waals surface area contributed by atoms with Crippen molar-refractivity contribution in [1.82, 2.24) is 9.97 Å². The number of rotatable bonds is 4. The molecule has 1 aromatic carbocycles. The maximum absolute atomic E-state index is 4.50. The first-order valence-electron chi connectivity index (χ1n) is 6.11. The van der Waals surface area contributed by atoms with Crippen LogP contribution in [0.2, 0.25) is 0 Å². The van der Waals surface area contributed by atoms with Crippen LogP contribution in [0, 0.1) is 13.8 Å². The molecule has 19 heavy (non-hydrogen) atoms. The number of nitrogens with one attached hydrogen (secondary N) is 1. The fourth-order valence-electron chi connectivity index (χ4n) is 1.56. The highest BCUT2D eigenvalue weighted by molar-refractivity contribution is 9.10. The van der Waals surface area contributed by atoms with E-state index in [1.54, 1.807) is 18.0 Å². The Labute approximate surface area is 126 Å². The third kappa shape index (κ3) is 3.70. The number of benzene rings is 1. The Balaban J connectivity index is 2.26. The predicted molar refractivity (Wildman–Crippen MR) is 83.9 cm³/mol. The van der Waals surface area contributed by atoms with Gasteiger partial charge in [-0.3, -0.25) is 0 Å². The molecule has 1 aromatic heterocycles. The molecule has 0 bridgehead atoms. The lowest BCUT2D eigenvalue weighted by Crippen LogP contribution is -2.02. The second kappa shape index (κ2) is 6.39. The van der Waals surface area contributed by atoms with Crippen molar-refractivity contribution in [2.24, 2.45) is 0 Å². The van der Waals surface area contributed by atoms with Gasteiger partial charge in [-0.05, 0) is 60.0 Å². The molecule has 1 heterocycles. The minimum atomic E-state index is 0.664. The van der Waals surface area contributed by atoms with E-state index in [1.165, 1.54) is 16.0 Å². The highest BCUT2D eigenvalue weighted by Gasteiger charge is 2.07. The highest BCUT2D eigenvalue weighted by Crippen LogP contribution is 2.32. The smallest absolute Gasteiger partial charge is 0.223 e. The summed E-state index contributed by atoms with van der Waals surface area (Å²) in [6, 6.07) is 6.44. The van der Waals surface area contributed by atoms with Crippen molar-refractivity contribution in [3.8, 4) is 0 Å². The van der Waals surface area contributed by atoms with E-state index in [-0.39, 0.29) is 0 Å². The van der Waals surface area contributed by atoms with Crippen molar-refractivity contribution in [1.29, 1.82) is 0 Å². The minimum absolute atomic E-state index is 0.664. The molecule has 0 fully saturated rings. The Morgan fingerprint density at radius 1 is 1.26 bits per heavy atom. The summed E-state index contributed by atoms with van der Waals surface area (Å²) in [5.74, 6) is 0.664. The molecular formula is C14H16BrN3S. The summed E-state index contributed by atoms with van der Waals surface area (Å²) in [5.41, 5.74) is 2.60. The molecule has 0 spiro atoms. The molecule has 2 rings (SSSR count). The lowest BCUT2D eigenvalue weighted by atomic mass is 10.1. The van der Waals surface area contributed by atoms with Gasteiger partial charge >= 0.3 is 0 Å². The van der Waals surface area contributed by atoms with Gasteiger partial charge in [0.1, 0.15) is 5.03 Å². The molecule has 0 saturated heterocycles. The van der Waals surface area contributed by atoms with Gasteiger partial charge in [0.15, 0.2) is 0 Å². The second-order valence-corrected chi connectivity index (χ2v) is 6.14. The summed E-state index contributed by atoms with van der Waals surface area (Å²) >= 11 is 5.14. The third-order valence-electron chi connectivity index (χ3n) is 2.74. The van der Waals surface area contributed by atoms with Crippen LogP contribution >= 0.6 is 27.7 Å². The molecule has 0 saturated carbocycles. The third-order valence-corrected chi connectivity index (χ3v) is 4.58. The number of hydrogen-bond acceptors (Lipinski definition) is 4. The van der Waals surface area contributed by atoms with Gasteiger partial charge in [-0.15, -0.1) is 0 Å². The number of aromatic nitrogens is 2. The van der Waals surface area contributed by atoms with Crippen molar-refractivity contribution in [3.05, 3.63) is 40.0 Å². The molecule has 0 aliphatic heterocycles. The SMILES string of the molecule is CCNc1ncc(Br)c(Sc2ccc(C)c(C)c2)n1. The Kier molecular flexibility index (Phi) is 4.82. The van der Waals surface area contributed by atoms with Crippen LogP contribution < -0.4 is 5.32 Å². The summed E-state index contributed by atoms with van der Waals surface area (Å²) in [7, 11) is 0. The van der Waals surface area contributed by atoms with E-state index in [9.17, 15) is 0 Å². The van der Waals surface area contributed by atoms with Crippen molar-refractivity contribution in [3.63, 3.8) is 0 Å². The summed E-state index contributed by atoms with van der Waals surface area (Å²) in [6.07, 6.45) is 1.79. The first-order valence-corrected chi connectivity index (χ1v) is 7.72. The number of aryl methyl sites for hydroxylation is 2. The van der Waals surface area contributed by atoms with E-state index >= 15 is 0 Å². The van der Waals surface area contributed by atoms with Crippen molar-refractivity contribution in [2.75, 3.05) is 11.9 Å². The first-order chi connectivity index (χ1) is 9.10. The van der Waals surface area contributed by atoms with Gasteiger partial charge in [-0.2, -0.15) is 0 Å². The minimum Gasteiger partial charge on any atom is -0.354 e. The Bertz CT molecular complexity index is 587. The summed E-state index contributed by atoms with van der Waals surface area (Å²) in [6.45, 7) is 7.09. The number of anilines is 1. The molecule has 100 valence electrons. The van der Waals surface area contributed by atoms with Gasteiger partial charge in [-0.25, -0.2) is 9.97 Å². The van der Waals surface area contributed by atoms with E-state index in [4.69, 9.17) is 0 Å². The lowest BCUT2D eigenvalue weighted by molar-refractivity contribution is 0.999. The Hall–Kier alpha value is -1.07. The molecule has 0 unspecified atom stereocenters. The molecule has 0 atom stereocenters. The van der Waals surface area contributed by atoms with Crippen LogP contribution in [-0.2, 0) is 0 Å². The lowest BCUT2D eigenvalue weighted by Gasteiger charge is -2.08. The zero-order valence-corrected chi connectivity index (χ0v) is 13.6. The van der Waals surface area contributed by atoms with Crippen LogP contribution in [0.1, 0.15) is 18.1 Å². The van der Waals surface area contributed by atoms with E-state index in [2.05, 4.69) is 63.3 Å². The van der Waals surface area contributed by atoms with Crippen molar-refractivity contribution in [2.45, 2.75) is 30.7 Å². The van der Waals surface area contributed by atoms with E-state index in [0.717, 1.165) is 16.0 Å². The van der Waals surface area contributed by atoms with Crippen LogP contribution in [0.3, 0.4) is 0 Å². The largest absolute Gasteiger partial charge is 0.354 e. The quantitative estimate of drug-likeness (QED) is 0.837. The zero-order valence-electron chi connectivity index (χ0n) is 11.2. The molecule has 2 aromatic rings. The summed E-state index contributed by atoms with van der Waals surface area (Å²) < 4.78 is 0.914. The summed E-state index contributed by atoms with van der Waals surface area (Å²) in [4.78, 5) is 9.91. The van der Waals surface area contributed by atoms with Gasteiger partial charge in [-0.1, -0.05) is 17.8 Å². The molecule has 0 aliphatic rings. The number of halogens is 1. The second-order valence-electron chi connectivity index (χ2n) is 4.23. The Morgan fingerprint density at radius 2 is 2.05 bits per heavy atom. The van der Waals surface area contributed by atoms with E-state index in [0.29, 0.717) is 5.95 Å². The standard InChI is InChI=1S/C14H16BrN3S/c1-4-16-14-17-8-12(15)13(18-14)19-11-6-5-9(2)10(3)7-11/h5-8H,4H2,1-3H3,(H,16,17,18). The van der Waals surface area contributed by atoms with Crippen LogP contribution in [0.5, 0.6) is 0 Å². The Morgan fingerprint density at radius 3 is 2.74 bits per heavy atom. The fraction of sp³-hybridized carbons (Fsp3) is 0.286. The fourth-order valence-corrected chi connectivity index (χ4v) is 2.87. The molecule has 1 N–H and O–H groups in total. The van der Waals surface area contributed by atoms with Gasteiger partial charge in [0.05, 0.1) is 4.47 Å². The van der Waals surface area contributed by atoms with Crippen molar-refractivity contribution >= 4 is 33.6 Å². The van der Waals surface area contributed by atoms with E-state index < -0.39 is 0 Å². The van der Waals surface area contributed by atoms with Crippen LogP contribution in [-0.4, -0.2) is 16.5 Å². The number of nitrogens with zero attached hydrogens (tertiary/aromatic N) is 2. The first kappa shape index (κ1) is 14.3. The van der Waals surface area contributed by atoms with Crippen LogP contribution in [0.15, 0.2) is 38.8 Å². The van der Waals surface area contributed by atoms with Gasteiger partial charge in [0.2, 0.25) is 5.95 Å². The maximum atomic E-state index is 4.50. The molecule has 5 heteroatoms.